The van der Waals surface area contributed by atoms with Gasteiger partial charge in [0.1, 0.15) is 6.04 Å². The Kier molecular flexibility index (Phi) is 6.92. The predicted octanol–water partition coefficient (Wildman–Crippen LogP) is 0.885. The number of carboxylic acids is 1. The van der Waals surface area contributed by atoms with Crippen molar-refractivity contribution in [3.8, 4) is 0 Å². The van der Waals surface area contributed by atoms with Gasteiger partial charge in [-0.25, -0.2) is 4.79 Å². The standard InChI is InChI=1S/C9H15NO3S/c1-3-4-8(11)10-7(9(12)13)5-6-14-2/h3-4,7H,5-6H2,1-2H3,(H,10,11)(H,12,13)/b4-3+. The van der Waals surface area contributed by atoms with Crippen LogP contribution in [0.2, 0.25) is 0 Å². The second kappa shape index (κ2) is 7.44. The molecular weight excluding hydrogens is 202 g/mol. The Bertz CT molecular complexity index is 228. The molecule has 0 bridgehead atoms. The fourth-order valence-corrected chi connectivity index (χ4v) is 1.34. The van der Waals surface area contributed by atoms with E-state index < -0.39 is 12.0 Å². The molecule has 0 spiro atoms. The van der Waals surface area contributed by atoms with Gasteiger partial charge in [0.05, 0.1) is 0 Å². The molecular formula is C9H15NO3S. The highest BCUT2D eigenvalue weighted by Crippen LogP contribution is 2.00. The maximum Gasteiger partial charge on any atom is 0.326 e. The van der Waals surface area contributed by atoms with Gasteiger partial charge in [0.2, 0.25) is 5.91 Å². The van der Waals surface area contributed by atoms with Crippen molar-refractivity contribution >= 4 is 23.6 Å². The number of carbonyl (C=O) groups excluding carboxylic acids is 1. The second-order valence-corrected chi connectivity index (χ2v) is 3.67. The van der Waals surface area contributed by atoms with Crippen molar-refractivity contribution in [3.05, 3.63) is 12.2 Å². The van der Waals surface area contributed by atoms with Crippen molar-refractivity contribution in [1.82, 2.24) is 5.32 Å². The zero-order valence-electron chi connectivity index (χ0n) is 8.32. The maximum atomic E-state index is 11.1. The summed E-state index contributed by atoms with van der Waals surface area (Å²) in [5, 5.41) is 11.2. The molecule has 2 N–H and O–H groups in total. The highest BCUT2D eigenvalue weighted by atomic mass is 32.2. The number of nitrogens with one attached hydrogen (secondary N) is 1. The Morgan fingerprint density at radius 3 is 2.64 bits per heavy atom. The molecule has 0 aliphatic carbocycles. The largest absolute Gasteiger partial charge is 0.480 e. The summed E-state index contributed by atoms with van der Waals surface area (Å²) in [6.07, 6.45) is 5.23. The molecule has 0 aromatic heterocycles. The van der Waals surface area contributed by atoms with Crippen LogP contribution < -0.4 is 5.32 Å². The molecule has 0 aliphatic rings. The molecule has 80 valence electrons. The van der Waals surface area contributed by atoms with Crippen LogP contribution >= 0.6 is 11.8 Å². The quantitative estimate of drug-likeness (QED) is 0.648. The topological polar surface area (TPSA) is 66.4 Å². The highest BCUT2D eigenvalue weighted by Gasteiger charge is 2.17. The first kappa shape index (κ1) is 13.0. The van der Waals surface area contributed by atoms with E-state index in [0.29, 0.717) is 12.2 Å². The summed E-state index contributed by atoms with van der Waals surface area (Å²) >= 11 is 1.56. The van der Waals surface area contributed by atoms with E-state index in [1.165, 1.54) is 6.08 Å². The van der Waals surface area contributed by atoms with Crippen LogP contribution in [0.3, 0.4) is 0 Å². The zero-order chi connectivity index (χ0) is 11.0. The van der Waals surface area contributed by atoms with Crippen LogP contribution in [-0.4, -0.2) is 35.0 Å². The maximum absolute atomic E-state index is 11.1. The number of hydrogen-bond acceptors (Lipinski definition) is 3. The number of thioether (sulfide) groups is 1. The smallest absolute Gasteiger partial charge is 0.326 e. The van der Waals surface area contributed by atoms with Crippen molar-refractivity contribution in [2.45, 2.75) is 19.4 Å². The van der Waals surface area contributed by atoms with Gasteiger partial charge in [-0.2, -0.15) is 11.8 Å². The average molecular weight is 217 g/mol. The van der Waals surface area contributed by atoms with Crippen LogP contribution in [0.25, 0.3) is 0 Å². The summed E-state index contributed by atoms with van der Waals surface area (Å²) in [5.74, 6) is -0.634. The van der Waals surface area contributed by atoms with E-state index >= 15 is 0 Å². The van der Waals surface area contributed by atoms with Gasteiger partial charge in [-0.15, -0.1) is 0 Å². The fourth-order valence-electron chi connectivity index (χ4n) is 0.864. The van der Waals surface area contributed by atoms with Crippen molar-refractivity contribution in [2.75, 3.05) is 12.0 Å². The first-order chi connectivity index (χ1) is 6.61. The molecule has 4 nitrogen and oxygen atoms in total. The van der Waals surface area contributed by atoms with Gasteiger partial charge in [0.25, 0.3) is 0 Å². The Hall–Kier alpha value is -0.970. The van der Waals surface area contributed by atoms with E-state index in [9.17, 15) is 9.59 Å². The lowest BCUT2D eigenvalue weighted by Crippen LogP contribution is -2.40. The Morgan fingerprint density at radius 1 is 1.57 bits per heavy atom. The molecule has 0 aromatic rings. The number of carboxylic acid groups (broad SMARTS) is 1. The Labute approximate surface area is 87.8 Å². The first-order valence-corrected chi connectivity index (χ1v) is 5.66. The molecule has 14 heavy (non-hydrogen) atoms. The van der Waals surface area contributed by atoms with Gasteiger partial charge >= 0.3 is 5.97 Å². The first-order valence-electron chi connectivity index (χ1n) is 4.26. The molecule has 0 saturated heterocycles. The molecule has 0 aliphatic heterocycles. The molecule has 5 heteroatoms. The molecule has 0 aromatic carbocycles. The van der Waals surface area contributed by atoms with Crippen molar-refractivity contribution < 1.29 is 14.7 Å². The van der Waals surface area contributed by atoms with E-state index in [1.807, 2.05) is 6.26 Å². The number of carbonyl (C=O) groups is 2. The Morgan fingerprint density at radius 2 is 2.21 bits per heavy atom. The van der Waals surface area contributed by atoms with Crippen LogP contribution in [0.5, 0.6) is 0 Å². The third-order valence-electron chi connectivity index (χ3n) is 1.54. The molecule has 1 atom stereocenters. The number of rotatable bonds is 6. The summed E-state index contributed by atoms with van der Waals surface area (Å²) in [5.41, 5.74) is 0. The molecule has 1 amide bonds. The average Bonchev–Trinajstić information content (AvgIpc) is 2.12. The van der Waals surface area contributed by atoms with Crippen LogP contribution in [0.4, 0.5) is 0 Å². The van der Waals surface area contributed by atoms with E-state index in [4.69, 9.17) is 5.11 Å². The van der Waals surface area contributed by atoms with Crippen LogP contribution in [-0.2, 0) is 9.59 Å². The molecule has 0 radical (unpaired) electrons. The molecule has 0 fully saturated rings. The number of aliphatic carboxylic acids is 1. The lowest BCUT2D eigenvalue weighted by Gasteiger charge is -2.11. The number of amides is 1. The predicted molar refractivity (Wildman–Crippen MR) is 57.4 cm³/mol. The zero-order valence-corrected chi connectivity index (χ0v) is 9.13. The Balaban J connectivity index is 4.08. The van der Waals surface area contributed by atoms with Gasteiger partial charge in [0, 0.05) is 0 Å². The lowest BCUT2D eigenvalue weighted by atomic mass is 10.2. The SMILES string of the molecule is C/C=C/C(=O)NC(CCSC)C(=O)O. The summed E-state index contributed by atoms with van der Waals surface area (Å²) in [7, 11) is 0. The molecule has 0 saturated carbocycles. The van der Waals surface area contributed by atoms with Gasteiger partial charge in [-0.1, -0.05) is 6.08 Å². The minimum absolute atomic E-state index is 0.360. The lowest BCUT2D eigenvalue weighted by molar-refractivity contribution is -0.141. The summed E-state index contributed by atoms with van der Waals surface area (Å²) in [6, 6.07) is -0.786. The van der Waals surface area contributed by atoms with Crippen LogP contribution in [0, 0.1) is 0 Å². The van der Waals surface area contributed by atoms with Gasteiger partial charge in [-0.3, -0.25) is 4.79 Å². The van der Waals surface area contributed by atoms with Gasteiger partial charge in [-0.05, 0) is 31.4 Å². The van der Waals surface area contributed by atoms with Crippen LogP contribution in [0.15, 0.2) is 12.2 Å². The normalized spacial score (nSPS) is 12.7. The minimum atomic E-state index is -0.989. The third-order valence-corrected chi connectivity index (χ3v) is 2.19. The van der Waals surface area contributed by atoms with E-state index in [1.54, 1.807) is 24.8 Å². The third kappa shape index (κ3) is 5.64. The van der Waals surface area contributed by atoms with Gasteiger partial charge < -0.3 is 10.4 Å². The summed E-state index contributed by atoms with van der Waals surface area (Å²) in [6.45, 7) is 1.71. The molecule has 0 rings (SSSR count). The van der Waals surface area contributed by atoms with E-state index in [2.05, 4.69) is 5.32 Å². The van der Waals surface area contributed by atoms with E-state index in [-0.39, 0.29) is 5.91 Å². The summed E-state index contributed by atoms with van der Waals surface area (Å²) in [4.78, 5) is 21.8. The summed E-state index contributed by atoms with van der Waals surface area (Å²) < 4.78 is 0. The van der Waals surface area contributed by atoms with Crippen molar-refractivity contribution in [3.63, 3.8) is 0 Å². The number of hydrogen-bond donors (Lipinski definition) is 2. The van der Waals surface area contributed by atoms with Crippen molar-refractivity contribution in [2.24, 2.45) is 0 Å². The highest BCUT2D eigenvalue weighted by molar-refractivity contribution is 7.98. The minimum Gasteiger partial charge on any atom is -0.480 e. The van der Waals surface area contributed by atoms with Gasteiger partial charge in [0.15, 0.2) is 0 Å². The number of allylic oxidation sites excluding steroid dienone is 1. The molecule has 1 unspecified atom stereocenters. The molecule has 0 heterocycles. The van der Waals surface area contributed by atoms with E-state index in [0.717, 1.165) is 0 Å². The fraction of sp³-hybridized carbons (Fsp3) is 0.556. The monoisotopic (exact) mass is 217 g/mol. The van der Waals surface area contributed by atoms with Crippen LogP contribution in [0.1, 0.15) is 13.3 Å². The van der Waals surface area contributed by atoms with Crippen molar-refractivity contribution in [1.29, 1.82) is 0 Å². The second-order valence-electron chi connectivity index (χ2n) is 2.68.